The maximum absolute atomic E-state index is 12.5. The van der Waals surface area contributed by atoms with Crippen LogP contribution in [0.2, 0.25) is 0 Å². The first kappa shape index (κ1) is 20.5. The van der Waals surface area contributed by atoms with Crippen molar-refractivity contribution in [3.63, 3.8) is 0 Å². The Morgan fingerprint density at radius 3 is 2.69 bits per heavy atom. The van der Waals surface area contributed by atoms with Gasteiger partial charge in [0.1, 0.15) is 5.82 Å². The zero-order valence-corrected chi connectivity index (χ0v) is 16.9. The third-order valence-electron chi connectivity index (χ3n) is 4.60. The fraction of sp³-hybridized carbons (Fsp3) is 0.421. The highest BCUT2D eigenvalue weighted by Gasteiger charge is 2.28. The van der Waals surface area contributed by atoms with Gasteiger partial charge < -0.3 is 20.1 Å². The second-order valence-corrected chi connectivity index (χ2v) is 6.71. The van der Waals surface area contributed by atoms with E-state index in [9.17, 15) is 9.59 Å². The van der Waals surface area contributed by atoms with Crippen LogP contribution in [0.15, 0.2) is 24.3 Å². The molecule has 1 fully saturated rings. The minimum atomic E-state index is -0.536. The van der Waals surface area contributed by atoms with Gasteiger partial charge in [-0.2, -0.15) is 5.10 Å². The number of hydrogen-bond acceptors (Lipinski definition) is 6. The number of benzene rings is 1. The van der Waals surface area contributed by atoms with Crippen LogP contribution in [-0.4, -0.2) is 42.0 Å². The first-order chi connectivity index (χ1) is 13.9. The molecule has 0 saturated carbocycles. The average Bonchev–Trinajstić information content (AvgIpc) is 3.07. The Labute approximate surface area is 168 Å². The van der Waals surface area contributed by atoms with Gasteiger partial charge in [0.25, 0.3) is 0 Å². The summed E-state index contributed by atoms with van der Waals surface area (Å²) >= 11 is 0. The molecule has 3 rings (SSSR count). The molecule has 0 spiro atoms. The summed E-state index contributed by atoms with van der Waals surface area (Å²) in [5.74, 6) is 1.46. The number of rotatable bonds is 6. The number of aromatic nitrogens is 2. The molecule has 10 nitrogen and oxygen atoms in total. The summed E-state index contributed by atoms with van der Waals surface area (Å²) in [4.78, 5) is 24.5. The second-order valence-electron chi connectivity index (χ2n) is 6.71. The molecule has 2 unspecified atom stereocenters. The van der Waals surface area contributed by atoms with Crippen molar-refractivity contribution in [1.29, 1.82) is 0 Å². The van der Waals surface area contributed by atoms with Crippen LogP contribution in [0.25, 0.3) is 0 Å². The summed E-state index contributed by atoms with van der Waals surface area (Å²) in [7, 11) is 3.07. The lowest BCUT2D eigenvalue weighted by atomic mass is 10.1. The smallest absolute Gasteiger partial charge is 0.324 e. The molecule has 1 aliphatic heterocycles. The molecule has 2 atom stereocenters. The highest BCUT2D eigenvalue weighted by molar-refractivity contribution is 5.99. The quantitative estimate of drug-likeness (QED) is 0.588. The van der Waals surface area contributed by atoms with Gasteiger partial charge in [-0.3, -0.25) is 15.4 Å². The number of amides is 3. The molecular formula is C19H26N6O4. The van der Waals surface area contributed by atoms with Crippen molar-refractivity contribution in [3.05, 3.63) is 30.0 Å². The van der Waals surface area contributed by atoms with E-state index in [0.717, 1.165) is 6.42 Å². The zero-order valence-electron chi connectivity index (χ0n) is 16.9. The van der Waals surface area contributed by atoms with Crippen molar-refractivity contribution in [1.82, 2.24) is 20.4 Å². The molecule has 4 N–H and O–H groups in total. The zero-order chi connectivity index (χ0) is 21.0. The maximum Gasteiger partial charge on any atom is 0.324 e. The van der Waals surface area contributed by atoms with Crippen LogP contribution in [0, 0.1) is 6.92 Å². The predicted molar refractivity (Wildman–Crippen MR) is 108 cm³/mol. The summed E-state index contributed by atoms with van der Waals surface area (Å²) in [6.45, 7) is 3.83. The van der Waals surface area contributed by atoms with Gasteiger partial charge in [-0.15, -0.1) is 0 Å². The Morgan fingerprint density at radius 1 is 1.24 bits per heavy atom. The van der Waals surface area contributed by atoms with E-state index in [4.69, 9.17) is 9.47 Å². The molecule has 156 valence electrons. The van der Waals surface area contributed by atoms with Gasteiger partial charge in [0.15, 0.2) is 17.8 Å². The van der Waals surface area contributed by atoms with Gasteiger partial charge >= 0.3 is 6.03 Å². The van der Waals surface area contributed by atoms with E-state index in [-0.39, 0.29) is 11.9 Å². The summed E-state index contributed by atoms with van der Waals surface area (Å²) in [5.41, 5.74) is 1.25. The number of aryl methyl sites for hydroxylation is 1. The van der Waals surface area contributed by atoms with Crippen LogP contribution < -0.4 is 30.7 Å². The average molecular weight is 402 g/mol. The maximum atomic E-state index is 12.5. The van der Waals surface area contributed by atoms with Gasteiger partial charge in [-0.1, -0.05) is 6.92 Å². The predicted octanol–water partition coefficient (Wildman–Crippen LogP) is 2.20. The van der Waals surface area contributed by atoms with Crippen LogP contribution in [-0.2, 0) is 4.79 Å². The number of urea groups is 1. The molecule has 0 radical (unpaired) electrons. The van der Waals surface area contributed by atoms with Crippen molar-refractivity contribution in [2.75, 3.05) is 24.9 Å². The molecule has 3 amide bonds. The highest BCUT2D eigenvalue weighted by Crippen LogP contribution is 2.29. The largest absolute Gasteiger partial charge is 0.493 e. The number of nitrogens with one attached hydrogen (secondary N) is 4. The van der Waals surface area contributed by atoms with E-state index in [2.05, 4.69) is 26.4 Å². The molecule has 2 heterocycles. The van der Waals surface area contributed by atoms with Crippen molar-refractivity contribution < 1.29 is 19.1 Å². The van der Waals surface area contributed by atoms with Crippen molar-refractivity contribution in [2.45, 2.75) is 39.0 Å². The Kier molecular flexibility index (Phi) is 6.23. The minimum Gasteiger partial charge on any atom is -0.493 e. The number of nitrogens with zero attached hydrogens (tertiary/aromatic N) is 2. The van der Waals surface area contributed by atoms with E-state index in [1.807, 2.05) is 13.8 Å². The molecule has 1 aromatic carbocycles. The number of ether oxygens (including phenoxy) is 2. The molecule has 2 aromatic rings. The number of hydrogen-bond donors (Lipinski definition) is 4. The van der Waals surface area contributed by atoms with Crippen LogP contribution >= 0.6 is 0 Å². The monoisotopic (exact) mass is 402 g/mol. The molecule has 1 saturated heterocycles. The summed E-state index contributed by atoms with van der Waals surface area (Å²) in [6.07, 6.45) is 0.689. The van der Waals surface area contributed by atoms with Crippen LogP contribution in [0.5, 0.6) is 11.5 Å². The molecular weight excluding hydrogens is 376 g/mol. The second kappa shape index (κ2) is 8.82. The van der Waals surface area contributed by atoms with E-state index < -0.39 is 12.3 Å². The van der Waals surface area contributed by atoms with Crippen LogP contribution in [0.1, 0.15) is 31.7 Å². The van der Waals surface area contributed by atoms with Crippen molar-refractivity contribution >= 4 is 23.4 Å². The molecule has 10 heteroatoms. The summed E-state index contributed by atoms with van der Waals surface area (Å²) < 4.78 is 12.0. The molecule has 1 aliphatic rings. The standard InChI is InChI=1S/C19H26N6O4/c1-5-12-10-17(26)23-18(20-12)25-16(8-11(2)24-25)22-19(27)21-13-6-7-14(28-3)15(9-13)29-4/h6-9,12,18,20H,5,10H2,1-4H3,(H,23,26)(H2,21,22,27). The van der Waals surface area contributed by atoms with E-state index in [1.54, 1.807) is 36.1 Å². The molecule has 0 aliphatic carbocycles. The Balaban J connectivity index is 1.74. The van der Waals surface area contributed by atoms with E-state index in [1.165, 1.54) is 7.11 Å². The topological polar surface area (TPSA) is 119 Å². The first-order valence-electron chi connectivity index (χ1n) is 9.35. The lowest BCUT2D eigenvalue weighted by Gasteiger charge is -2.31. The number of anilines is 2. The lowest BCUT2D eigenvalue weighted by molar-refractivity contribution is -0.125. The molecule has 1 aromatic heterocycles. The van der Waals surface area contributed by atoms with E-state index in [0.29, 0.717) is 35.1 Å². The van der Waals surface area contributed by atoms with Crippen molar-refractivity contribution in [3.8, 4) is 11.5 Å². The van der Waals surface area contributed by atoms with Gasteiger partial charge in [-0.25, -0.2) is 9.48 Å². The third kappa shape index (κ3) is 4.77. The molecule has 0 bridgehead atoms. The van der Waals surface area contributed by atoms with Gasteiger partial charge in [0.05, 0.1) is 19.9 Å². The Morgan fingerprint density at radius 2 is 2.00 bits per heavy atom. The minimum absolute atomic E-state index is 0.0479. The van der Waals surface area contributed by atoms with Crippen LogP contribution in [0.4, 0.5) is 16.3 Å². The summed E-state index contributed by atoms with van der Waals surface area (Å²) in [6, 6.07) is 6.40. The highest BCUT2D eigenvalue weighted by atomic mass is 16.5. The first-order valence-corrected chi connectivity index (χ1v) is 9.35. The Hall–Kier alpha value is -3.27. The molecule has 29 heavy (non-hydrogen) atoms. The fourth-order valence-corrected chi connectivity index (χ4v) is 3.15. The van der Waals surface area contributed by atoms with Gasteiger partial charge in [0, 0.05) is 30.3 Å². The lowest BCUT2D eigenvalue weighted by Crippen LogP contribution is -2.53. The Bertz CT molecular complexity index is 897. The van der Waals surface area contributed by atoms with Gasteiger partial charge in [-0.05, 0) is 25.5 Å². The number of carbonyl (C=O) groups is 2. The van der Waals surface area contributed by atoms with Crippen LogP contribution in [0.3, 0.4) is 0 Å². The third-order valence-corrected chi connectivity index (χ3v) is 4.60. The summed E-state index contributed by atoms with van der Waals surface area (Å²) in [5, 5.41) is 16.1. The fourth-order valence-electron chi connectivity index (χ4n) is 3.15. The number of carbonyl (C=O) groups excluding carboxylic acids is 2. The van der Waals surface area contributed by atoms with Crippen molar-refractivity contribution in [2.24, 2.45) is 0 Å². The number of methoxy groups -OCH3 is 2. The van der Waals surface area contributed by atoms with E-state index >= 15 is 0 Å². The SMILES string of the molecule is CCC1CC(=O)NC(n2nc(C)cc2NC(=O)Nc2ccc(OC)c(OC)c2)N1. The normalized spacial score (nSPS) is 18.7. The van der Waals surface area contributed by atoms with Gasteiger partial charge in [0.2, 0.25) is 5.91 Å².